The Hall–Kier alpha value is -2.81. The number of anilines is 1. The SMILES string of the molecule is C=CC(=O)N1C[C@H]2C[C@@H]1CN2c1nc(OC[C@@]23CCCN2C[C@H](F)C3)nc2cc(C)c(F)cc12. The van der Waals surface area contributed by atoms with Crippen LogP contribution >= 0.6 is 0 Å². The molecular weight excluding hydrogens is 440 g/mol. The monoisotopic (exact) mass is 469 g/mol. The normalized spacial score (nSPS) is 30.4. The van der Waals surface area contributed by atoms with Crippen molar-refractivity contribution in [1.29, 1.82) is 0 Å². The number of hydrogen-bond acceptors (Lipinski definition) is 6. The minimum Gasteiger partial charge on any atom is -0.461 e. The third-order valence-electron chi connectivity index (χ3n) is 8.14. The fourth-order valence-electron chi connectivity index (χ4n) is 6.46. The molecule has 6 rings (SSSR count). The van der Waals surface area contributed by atoms with E-state index in [1.807, 2.05) is 4.90 Å². The van der Waals surface area contributed by atoms with Crippen molar-refractivity contribution in [1.82, 2.24) is 19.8 Å². The minimum atomic E-state index is -0.830. The van der Waals surface area contributed by atoms with Crippen LogP contribution in [0.25, 0.3) is 10.9 Å². The first-order valence-electron chi connectivity index (χ1n) is 12.1. The first-order valence-corrected chi connectivity index (χ1v) is 12.1. The zero-order valence-electron chi connectivity index (χ0n) is 19.3. The molecular formula is C25H29F2N5O2. The summed E-state index contributed by atoms with van der Waals surface area (Å²) in [7, 11) is 0. The van der Waals surface area contributed by atoms with Crippen molar-refractivity contribution in [2.24, 2.45) is 0 Å². The van der Waals surface area contributed by atoms with E-state index in [0.717, 1.165) is 25.8 Å². The van der Waals surface area contributed by atoms with E-state index >= 15 is 0 Å². The molecule has 4 atom stereocenters. The molecule has 0 unspecified atom stereocenters. The molecule has 0 aliphatic carbocycles. The van der Waals surface area contributed by atoms with Crippen LogP contribution in [0.2, 0.25) is 0 Å². The van der Waals surface area contributed by atoms with E-state index in [9.17, 15) is 13.6 Å². The van der Waals surface area contributed by atoms with Crippen molar-refractivity contribution in [3.8, 4) is 6.01 Å². The first-order chi connectivity index (χ1) is 16.4. The maximum Gasteiger partial charge on any atom is 0.319 e. The first kappa shape index (κ1) is 21.7. The van der Waals surface area contributed by atoms with Gasteiger partial charge in [-0.25, -0.2) is 8.78 Å². The number of alkyl halides is 1. The van der Waals surface area contributed by atoms with Crippen LogP contribution in [-0.2, 0) is 4.79 Å². The maximum atomic E-state index is 14.5. The van der Waals surface area contributed by atoms with E-state index in [4.69, 9.17) is 9.72 Å². The van der Waals surface area contributed by atoms with Crippen LogP contribution in [0.5, 0.6) is 6.01 Å². The van der Waals surface area contributed by atoms with Crippen LogP contribution in [0, 0.1) is 12.7 Å². The highest BCUT2D eigenvalue weighted by molar-refractivity contribution is 5.92. The fraction of sp³-hybridized carbons (Fsp3) is 0.560. The Balaban J connectivity index is 1.32. The second kappa shape index (κ2) is 7.86. The number of aryl methyl sites for hydroxylation is 1. The van der Waals surface area contributed by atoms with Gasteiger partial charge in [0.1, 0.15) is 24.4 Å². The summed E-state index contributed by atoms with van der Waals surface area (Å²) in [5.74, 6) is 0.264. The Labute approximate surface area is 197 Å². The van der Waals surface area contributed by atoms with Crippen molar-refractivity contribution >= 4 is 22.6 Å². The molecule has 0 radical (unpaired) electrons. The number of carbonyl (C=O) groups is 1. The Morgan fingerprint density at radius 3 is 2.91 bits per heavy atom. The van der Waals surface area contributed by atoms with E-state index < -0.39 is 6.17 Å². The summed E-state index contributed by atoms with van der Waals surface area (Å²) in [5.41, 5.74) is 0.830. The summed E-state index contributed by atoms with van der Waals surface area (Å²) in [4.78, 5) is 27.7. The van der Waals surface area contributed by atoms with Gasteiger partial charge in [0.2, 0.25) is 5.91 Å². The van der Waals surface area contributed by atoms with Crippen molar-refractivity contribution in [3.63, 3.8) is 0 Å². The molecule has 4 saturated heterocycles. The Morgan fingerprint density at radius 2 is 2.15 bits per heavy atom. The zero-order chi connectivity index (χ0) is 23.6. The molecule has 1 amide bonds. The second-order valence-electron chi connectivity index (χ2n) is 10.2. The second-order valence-corrected chi connectivity index (χ2v) is 10.2. The molecule has 34 heavy (non-hydrogen) atoms. The molecule has 1 aromatic carbocycles. The molecule has 9 heteroatoms. The van der Waals surface area contributed by atoms with Crippen LogP contribution < -0.4 is 9.64 Å². The van der Waals surface area contributed by atoms with Gasteiger partial charge in [0.25, 0.3) is 0 Å². The lowest BCUT2D eigenvalue weighted by Gasteiger charge is -2.35. The maximum absolute atomic E-state index is 14.5. The van der Waals surface area contributed by atoms with Gasteiger partial charge in [-0.05, 0) is 56.5 Å². The molecule has 0 N–H and O–H groups in total. The van der Waals surface area contributed by atoms with Gasteiger partial charge in [-0.1, -0.05) is 6.58 Å². The van der Waals surface area contributed by atoms with Gasteiger partial charge in [-0.15, -0.1) is 0 Å². The third-order valence-corrected chi connectivity index (χ3v) is 8.14. The summed E-state index contributed by atoms with van der Waals surface area (Å²) < 4.78 is 34.9. The average molecular weight is 470 g/mol. The number of rotatable bonds is 5. The summed E-state index contributed by atoms with van der Waals surface area (Å²) in [5, 5.41) is 0.634. The fourth-order valence-corrected chi connectivity index (χ4v) is 6.46. The molecule has 0 spiro atoms. The molecule has 0 saturated carbocycles. The highest BCUT2D eigenvalue weighted by Crippen LogP contribution is 2.41. The van der Waals surface area contributed by atoms with Crippen molar-refractivity contribution < 1.29 is 18.3 Å². The molecule has 1 aromatic heterocycles. The highest BCUT2D eigenvalue weighted by Gasteiger charge is 2.50. The van der Waals surface area contributed by atoms with Gasteiger partial charge >= 0.3 is 6.01 Å². The number of fused-ring (bicyclic) bond motifs is 4. The Kier molecular flexibility index (Phi) is 5.02. The molecule has 7 nitrogen and oxygen atoms in total. The molecule has 5 heterocycles. The van der Waals surface area contributed by atoms with Gasteiger partial charge in [-0.3, -0.25) is 9.69 Å². The summed E-state index contributed by atoms with van der Waals surface area (Å²) >= 11 is 0. The van der Waals surface area contributed by atoms with Crippen LogP contribution in [0.3, 0.4) is 0 Å². The number of hydrogen-bond donors (Lipinski definition) is 0. The lowest BCUT2D eigenvalue weighted by molar-refractivity contribution is -0.127. The van der Waals surface area contributed by atoms with Crippen LogP contribution in [-0.4, -0.2) is 82.3 Å². The van der Waals surface area contributed by atoms with Gasteiger partial charge in [0.05, 0.1) is 23.1 Å². The predicted octanol–water partition coefficient (Wildman–Crippen LogP) is 3.01. The number of halogens is 2. The largest absolute Gasteiger partial charge is 0.461 e. The van der Waals surface area contributed by atoms with E-state index in [1.165, 1.54) is 12.1 Å². The number of carbonyl (C=O) groups excluding carboxylic acids is 1. The van der Waals surface area contributed by atoms with E-state index in [2.05, 4.69) is 21.4 Å². The smallest absolute Gasteiger partial charge is 0.319 e. The molecule has 4 fully saturated rings. The molecule has 2 bridgehead atoms. The average Bonchev–Trinajstić information content (AvgIpc) is 3.57. The number of amides is 1. The Bertz CT molecular complexity index is 1180. The van der Waals surface area contributed by atoms with E-state index in [1.54, 1.807) is 13.0 Å². The quantitative estimate of drug-likeness (QED) is 0.628. The Morgan fingerprint density at radius 1 is 1.29 bits per heavy atom. The van der Waals surface area contributed by atoms with Gasteiger partial charge in [-0.2, -0.15) is 9.97 Å². The summed E-state index contributed by atoms with van der Waals surface area (Å²) in [6, 6.07) is 3.61. The van der Waals surface area contributed by atoms with Gasteiger partial charge < -0.3 is 14.5 Å². The number of benzene rings is 1. The van der Waals surface area contributed by atoms with Crippen molar-refractivity contribution in [2.45, 2.75) is 56.4 Å². The van der Waals surface area contributed by atoms with E-state index in [0.29, 0.717) is 54.9 Å². The highest BCUT2D eigenvalue weighted by atomic mass is 19.1. The van der Waals surface area contributed by atoms with Crippen molar-refractivity contribution in [3.05, 3.63) is 36.2 Å². The zero-order valence-corrected chi connectivity index (χ0v) is 19.3. The van der Waals surface area contributed by atoms with Crippen LogP contribution in [0.15, 0.2) is 24.8 Å². The number of aromatic nitrogens is 2. The number of ether oxygens (including phenoxy) is 1. The van der Waals surface area contributed by atoms with Crippen LogP contribution in [0.1, 0.15) is 31.2 Å². The topological polar surface area (TPSA) is 61.8 Å². The third kappa shape index (κ3) is 3.35. The lowest BCUT2D eigenvalue weighted by Crippen LogP contribution is -2.48. The van der Waals surface area contributed by atoms with Crippen molar-refractivity contribution in [2.75, 3.05) is 37.7 Å². The standard InChI is InChI=1S/C25H29F2N5O2/c1-3-22(33)31-12-18-8-17(31)13-32(18)23-19-9-20(27)15(2)7-21(19)28-24(29-23)34-14-25-5-4-6-30(25)11-16(26)10-25/h3,7,9,16-18H,1,4-6,8,10-14H2,2H3/t16-,17-,18-,25+/m1/s1. The van der Waals surface area contributed by atoms with E-state index in [-0.39, 0.29) is 35.4 Å². The van der Waals surface area contributed by atoms with Gasteiger partial charge in [0, 0.05) is 31.4 Å². The van der Waals surface area contributed by atoms with Gasteiger partial charge in [0.15, 0.2) is 0 Å². The summed E-state index contributed by atoms with van der Waals surface area (Å²) in [6.07, 6.45) is 3.78. The number of likely N-dealkylation sites (tertiary alicyclic amines) is 1. The minimum absolute atomic E-state index is 0.0616. The number of nitrogens with zero attached hydrogens (tertiary/aromatic N) is 5. The molecule has 180 valence electrons. The molecule has 4 aliphatic rings. The molecule has 4 aliphatic heterocycles. The lowest BCUT2D eigenvalue weighted by atomic mass is 9.95. The summed E-state index contributed by atoms with van der Waals surface area (Å²) in [6.45, 7) is 8.21. The van der Waals surface area contributed by atoms with Crippen LogP contribution in [0.4, 0.5) is 14.6 Å². The predicted molar refractivity (Wildman–Crippen MR) is 124 cm³/mol. The molecule has 2 aromatic rings. The number of piperazine rings is 1.